The van der Waals surface area contributed by atoms with Crippen LogP contribution in [0.2, 0.25) is 0 Å². The van der Waals surface area contributed by atoms with E-state index in [0.29, 0.717) is 12.5 Å². The lowest BCUT2D eigenvalue weighted by atomic mass is 9.84. The van der Waals surface area contributed by atoms with Crippen LogP contribution in [0.15, 0.2) is 54.6 Å². The molecule has 3 heterocycles. The van der Waals surface area contributed by atoms with E-state index in [1.807, 2.05) is 30.3 Å². The smallest absolute Gasteiger partial charge is 0.415 e. The van der Waals surface area contributed by atoms with Gasteiger partial charge < -0.3 is 33.2 Å². The van der Waals surface area contributed by atoms with E-state index in [2.05, 4.69) is 7.05 Å². The number of fused-ring (bicyclic) bond motifs is 3. The number of likely N-dealkylation sites (N-methyl/N-ethyl adjacent to an activating group) is 1. The highest BCUT2D eigenvalue weighted by Gasteiger charge is 2.45. The van der Waals surface area contributed by atoms with Crippen LogP contribution in [0.4, 0.5) is 14.9 Å². The summed E-state index contributed by atoms with van der Waals surface area (Å²) < 4.78 is 20.2. The summed E-state index contributed by atoms with van der Waals surface area (Å²) in [7, 11) is 2.25. The predicted molar refractivity (Wildman–Crippen MR) is 103 cm³/mol. The van der Waals surface area contributed by atoms with E-state index in [1.165, 1.54) is 25.2 Å². The van der Waals surface area contributed by atoms with Gasteiger partial charge in [-0.05, 0) is 29.8 Å². The molecule has 0 unspecified atom stereocenters. The summed E-state index contributed by atoms with van der Waals surface area (Å²) >= 11 is 0. The molecule has 0 saturated carbocycles. The minimum absolute atomic E-state index is 0. The second-order valence-corrected chi connectivity index (χ2v) is 8.06. The molecule has 2 aromatic rings. The van der Waals surface area contributed by atoms with Crippen molar-refractivity contribution in [3.63, 3.8) is 0 Å². The number of anilines is 1. The normalized spacial score (nSPS) is 25.6. The van der Waals surface area contributed by atoms with Crippen molar-refractivity contribution in [3.8, 4) is 0 Å². The molecule has 28 heavy (non-hydrogen) atoms. The van der Waals surface area contributed by atoms with Crippen LogP contribution in [0, 0.1) is 11.7 Å². The maximum absolute atomic E-state index is 13.2. The molecule has 150 valence electrons. The fraction of sp³-hybridized carbons (Fsp3) is 0.409. The van der Waals surface area contributed by atoms with Gasteiger partial charge in [-0.15, -0.1) is 0 Å². The maximum Gasteiger partial charge on any atom is 0.415 e. The van der Waals surface area contributed by atoms with Crippen molar-refractivity contribution in [1.82, 2.24) is 0 Å². The number of quaternary nitrogens is 1. The Hall–Kier alpha value is -1.67. The van der Waals surface area contributed by atoms with Gasteiger partial charge in [0.2, 0.25) is 0 Å². The Kier molecular flexibility index (Phi) is 6.60. The number of halogens is 2. The fourth-order valence-corrected chi connectivity index (χ4v) is 4.32. The van der Waals surface area contributed by atoms with Gasteiger partial charge in [0.15, 0.2) is 6.10 Å². The third-order valence-corrected chi connectivity index (χ3v) is 6.02. The van der Waals surface area contributed by atoms with Crippen LogP contribution in [-0.2, 0) is 11.3 Å². The first-order chi connectivity index (χ1) is 13.0. The highest BCUT2D eigenvalue weighted by molar-refractivity contribution is 5.87. The molecular weight excluding hydrogens is 470 g/mol. The third kappa shape index (κ3) is 4.66. The van der Waals surface area contributed by atoms with E-state index in [0.717, 1.165) is 35.1 Å². The van der Waals surface area contributed by atoms with Crippen LogP contribution in [0.3, 0.4) is 0 Å². The highest BCUT2D eigenvalue weighted by Crippen LogP contribution is 2.34. The summed E-state index contributed by atoms with van der Waals surface area (Å²) in [5, 5.41) is 0. The molecule has 0 aliphatic carbocycles. The number of carbonyl (C=O) groups is 1. The van der Waals surface area contributed by atoms with Crippen LogP contribution in [0.5, 0.6) is 0 Å². The second-order valence-electron chi connectivity index (χ2n) is 8.06. The van der Waals surface area contributed by atoms with Gasteiger partial charge in [0.25, 0.3) is 0 Å². The lowest BCUT2D eigenvalue weighted by Gasteiger charge is -2.49. The van der Waals surface area contributed by atoms with E-state index < -0.39 is 0 Å². The molecule has 1 atom stereocenters. The zero-order valence-electron chi connectivity index (χ0n) is 16.1. The molecule has 3 saturated heterocycles. The SMILES string of the molecule is C[N+]12CCC(CC1)[C@@H](OC(=O)N(Cc1ccc(F)cc1)c1ccccc1)C2.[I-]. The topological polar surface area (TPSA) is 29.5 Å². The van der Waals surface area contributed by atoms with Gasteiger partial charge in [-0.25, -0.2) is 9.18 Å². The lowest BCUT2D eigenvalue weighted by Crippen LogP contribution is -3.00. The molecular formula is C22H26FIN2O2. The summed E-state index contributed by atoms with van der Waals surface area (Å²) in [6.45, 7) is 3.61. The van der Waals surface area contributed by atoms with Gasteiger partial charge in [0.05, 0.1) is 26.7 Å². The van der Waals surface area contributed by atoms with Crippen molar-refractivity contribution in [2.75, 3.05) is 31.6 Å². The van der Waals surface area contributed by atoms with Crippen LogP contribution in [0.25, 0.3) is 0 Å². The van der Waals surface area contributed by atoms with Gasteiger partial charge in [0, 0.05) is 24.4 Å². The van der Waals surface area contributed by atoms with E-state index in [1.54, 1.807) is 17.0 Å². The summed E-state index contributed by atoms with van der Waals surface area (Å²) in [4.78, 5) is 14.7. The molecule has 6 heteroatoms. The molecule has 3 fully saturated rings. The zero-order valence-corrected chi connectivity index (χ0v) is 18.2. The van der Waals surface area contributed by atoms with Gasteiger partial charge in [-0.3, -0.25) is 4.90 Å². The number of hydrogen-bond acceptors (Lipinski definition) is 2. The number of hydrogen-bond donors (Lipinski definition) is 0. The number of para-hydroxylation sites is 1. The molecule has 0 radical (unpaired) electrons. The number of benzene rings is 2. The highest BCUT2D eigenvalue weighted by atomic mass is 127. The van der Waals surface area contributed by atoms with Crippen molar-refractivity contribution in [2.24, 2.45) is 5.92 Å². The molecule has 0 spiro atoms. The molecule has 0 aromatic heterocycles. The predicted octanol–water partition coefficient (Wildman–Crippen LogP) is 1.21. The van der Waals surface area contributed by atoms with Gasteiger partial charge >= 0.3 is 6.09 Å². The number of rotatable bonds is 4. The molecule has 0 N–H and O–H groups in total. The molecule has 5 rings (SSSR count). The largest absolute Gasteiger partial charge is 1.00 e. The van der Waals surface area contributed by atoms with Crippen molar-refractivity contribution in [1.29, 1.82) is 0 Å². The van der Waals surface area contributed by atoms with Crippen LogP contribution in [0.1, 0.15) is 18.4 Å². The van der Waals surface area contributed by atoms with Crippen molar-refractivity contribution < 1.29 is 42.4 Å². The molecule has 3 aliphatic rings. The van der Waals surface area contributed by atoms with Crippen molar-refractivity contribution in [2.45, 2.75) is 25.5 Å². The zero-order chi connectivity index (χ0) is 18.9. The second kappa shape index (κ2) is 8.78. The molecule has 2 bridgehead atoms. The Morgan fingerprint density at radius 1 is 1.11 bits per heavy atom. The summed E-state index contributed by atoms with van der Waals surface area (Å²) in [6, 6.07) is 15.8. The average Bonchev–Trinajstić information content (AvgIpc) is 2.68. The lowest BCUT2D eigenvalue weighted by molar-refractivity contribution is -0.928. The number of amides is 1. The van der Waals surface area contributed by atoms with E-state index in [9.17, 15) is 9.18 Å². The third-order valence-electron chi connectivity index (χ3n) is 6.02. The minimum atomic E-state index is -0.323. The van der Waals surface area contributed by atoms with Gasteiger partial charge in [-0.1, -0.05) is 30.3 Å². The Balaban J connectivity index is 0.00000225. The fourth-order valence-electron chi connectivity index (χ4n) is 4.32. The molecule has 1 amide bonds. The van der Waals surface area contributed by atoms with E-state index in [-0.39, 0.29) is 42.0 Å². The standard InChI is InChI=1S/C22H26FN2O2.HI/c1-25-13-11-18(12-14-25)21(16-25)27-22(26)24(20-5-3-2-4-6-20)15-17-7-9-19(23)10-8-17;/h2-10,18,21H,11-16H2,1H3;1H/q+1;/p-1/t18?,21-,25?;/m0./s1. The van der Waals surface area contributed by atoms with Crippen LogP contribution < -0.4 is 28.9 Å². The Morgan fingerprint density at radius 3 is 2.36 bits per heavy atom. The number of carbonyl (C=O) groups excluding carboxylic acids is 1. The minimum Gasteiger partial charge on any atom is -1.00 e. The van der Waals surface area contributed by atoms with E-state index >= 15 is 0 Å². The Bertz CT molecular complexity index is 792. The number of nitrogens with zero attached hydrogens (tertiary/aromatic N) is 2. The van der Waals surface area contributed by atoms with Crippen LogP contribution in [-0.4, -0.2) is 43.4 Å². The monoisotopic (exact) mass is 496 g/mol. The van der Waals surface area contributed by atoms with Crippen LogP contribution >= 0.6 is 0 Å². The van der Waals surface area contributed by atoms with Crippen molar-refractivity contribution >= 4 is 11.8 Å². The average molecular weight is 496 g/mol. The maximum atomic E-state index is 13.2. The van der Waals surface area contributed by atoms with Gasteiger partial charge in [0.1, 0.15) is 12.4 Å². The number of piperidine rings is 3. The van der Waals surface area contributed by atoms with Crippen molar-refractivity contribution in [3.05, 3.63) is 66.0 Å². The first-order valence-corrected chi connectivity index (χ1v) is 9.64. The first-order valence-electron chi connectivity index (χ1n) is 9.64. The van der Waals surface area contributed by atoms with E-state index in [4.69, 9.17) is 4.74 Å². The first kappa shape index (κ1) is 21.0. The Morgan fingerprint density at radius 2 is 1.75 bits per heavy atom. The van der Waals surface area contributed by atoms with Gasteiger partial charge in [-0.2, -0.15) is 0 Å². The Labute approximate surface area is 182 Å². The summed E-state index contributed by atoms with van der Waals surface area (Å²) in [6.07, 6.45) is 1.90. The number of ether oxygens (including phenoxy) is 1. The summed E-state index contributed by atoms with van der Waals surface area (Å²) in [5.41, 5.74) is 1.65. The summed E-state index contributed by atoms with van der Waals surface area (Å²) in [5.74, 6) is 0.189. The molecule has 3 aliphatic heterocycles. The quantitative estimate of drug-likeness (QED) is 0.471. The molecule has 4 nitrogen and oxygen atoms in total. The molecule has 2 aromatic carbocycles.